The Morgan fingerprint density at radius 3 is 2.72 bits per heavy atom. The van der Waals surface area contributed by atoms with Gasteiger partial charge in [-0.3, -0.25) is 9.89 Å². The molecule has 0 amide bonds. The van der Waals surface area contributed by atoms with E-state index in [1.165, 1.54) is 4.57 Å². The molecule has 1 aromatic carbocycles. The number of ether oxygens (including phenoxy) is 1. The lowest BCUT2D eigenvalue weighted by Gasteiger charge is -2.07. The van der Waals surface area contributed by atoms with Gasteiger partial charge in [-0.15, -0.1) is 9.61 Å². The van der Waals surface area contributed by atoms with Gasteiger partial charge in [0.15, 0.2) is 11.2 Å². The van der Waals surface area contributed by atoms with Gasteiger partial charge in [0.1, 0.15) is 17.0 Å². The third kappa shape index (κ3) is 2.64. The quantitative estimate of drug-likeness (QED) is 0.449. The van der Waals surface area contributed by atoms with Crippen LogP contribution in [-0.2, 0) is 0 Å². The predicted octanol–water partition coefficient (Wildman–Crippen LogP) is 1.26. The molecule has 0 atom stereocenters. The van der Waals surface area contributed by atoms with Crippen LogP contribution in [0.4, 0.5) is 0 Å². The van der Waals surface area contributed by atoms with E-state index in [0.29, 0.717) is 39.8 Å². The number of methoxy groups -OCH3 is 1. The maximum Gasteiger partial charge on any atom is 0.458 e. The number of nitrogens with one attached hydrogen (secondary N) is 2. The molecule has 0 radical (unpaired) electrons. The number of H-pyrrole nitrogens is 2. The molecule has 29 heavy (non-hydrogen) atoms. The van der Waals surface area contributed by atoms with Crippen molar-refractivity contribution in [1.82, 2.24) is 34.8 Å². The molecule has 0 aliphatic heterocycles. The topological polar surface area (TPSA) is 118 Å². The van der Waals surface area contributed by atoms with Gasteiger partial charge in [0.05, 0.1) is 7.11 Å². The van der Waals surface area contributed by atoms with Crippen molar-refractivity contribution in [2.45, 2.75) is 13.8 Å². The van der Waals surface area contributed by atoms with E-state index < -0.39 is 0 Å². The van der Waals surface area contributed by atoms with Gasteiger partial charge < -0.3 is 4.74 Å². The first-order chi connectivity index (χ1) is 14.0. The van der Waals surface area contributed by atoms with Gasteiger partial charge >= 0.3 is 5.78 Å². The number of rotatable bonds is 3. The maximum atomic E-state index is 13.5. The molecule has 0 saturated heterocycles. The third-order valence-corrected chi connectivity index (χ3v) is 4.64. The van der Waals surface area contributed by atoms with Crippen LogP contribution < -0.4 is 14.8 Å². The van der Waals surface area contributed by atoms with Gasteiger partial charge in [0, 0.05) is 18.7 Å². The highest BCUT2D eigenvalue weighted by atomic mass is 16.5. The van der Waals surface area contributed by atoms with Crippen LogP contribution in [0.2, 0.25) is 0 Å². The summed E-state index contributed by atoms with van der Waals surface area (Å²) in [5, 5.41) is 10.5. The summed E-state index contributed by atoms with van der Waals surface area (Å²) in [6, 6.07) is 9.26. The summed E-state index contributed by atoms with van der Waals surface area (Å²) in [5.41, 5.74) is 1.67. The summed E-state index contributed by atoms with van der Waals surface area (Å²) < 4.78 is 8.48. The molecule has 0 spiro atoms. The van der Waals surface area contributed by atoms with Crippen molar-refractivity contribution in [3.8, 4) is 23.0 Å². The molecule has 10 heteroatoms. The average Bonchev–Trinajstić information content (AvgIpc) is 3.31. The molecule has 0 fully saturated rings. The number of aromatic amines is 2. The zero-order valence-electron chi connectivity index (χ0n) is 16.0. The average molecular weight is 389 g/mol. The molecule has 4 aromatic heterocycles. The first-order valence-corrected chi connectivity index (χ1v) is 8.92. The molecule has 5 rings (SSSR count). The van der Waals surface area contributed by atoms with E-state index in [1.54, 1.807) is 30.8 Å². The Hall–Kier alpha value is -4.08. The molecule has 0 bridgehead atoms. The zero-order valence-corrected chi connectivity index (χ0v) is 16.0. The fourth-order valence-corrected chi connectivity index (χ4v) is 3.37. The Balaban J connectivity index is 1.93. The number of aromatic nitrogens is 8. The number of benzene rings is 1. The highest BCUT2D eigenvalue weighted by Gasteiger charge is 2.25. The normalized spacial score (nSPS) is 11.4. The number of hydrogen-bond acceptors (Lipinski definition) is 6. The van der Waals surface area contributed by atoms with Crippen molar-refractivity contribution < 1.29 is 9.25 Å². The minimum absolute atomic E-state index is 0.275. The van der Waals surface area contributed by atoms with Crippen LogP contribution in [0.1, 0.15) is 11.6 Å². The molecule has 0 saturated carbocycles. The summed E-state index contributed by atoms with van der Waals surface area (Å²) in [5.74, 6) is 2.72. The van der Waals surface area contributed by atoms with Crippen molar-refractivity contribution in [2.75, 3.05) is 7.11 Å². The fraction of sp³-hybridized carbons (Fsp3) is 0.158. The van der Waals surface area contributed by atoms with Gasteiger partial charge in [0.25, 0.3) is 11.5 Å². The lowest BCUT2D eigenvalue weighted by atomic mass is 10.1. The zero-order chi connectivity index (χ0) is 20.1. The second-order valence-corrected chi connectivity index (χ2v) is 6.61. The predicted molar refractivity (Wildman–Crippen MR) is 104 cm³/mol. The summed E-state index contributed by atoms with van der Waals surface area (Å²) in [7, 11) is 1.60. The number of pyridine rings is 1. The van der Waals surface area contributed by atoms with Gasteiger partial charge in [-0.2, -0.15) is 4.98 Å². The summed E-state index contributed by atoms with van der Waals surface area (Å²) in [4.78, 5) is 26.7. The minimum Gasteiger partial charge on any atom is -0.497 e. The molecule has 0 aliphatic rings. The van der Waals surface area contributed by atoms with Crippen molar-refractivity contribution in [1.29, 1.82) is 0 Å². The van der Waals surface area contributed by atoms with Crippen LogP contribution in [0.3, 0.4) is 0 Å². The van der Waals surface area contributed by atoms with Crippen LogP contribution >= 0.6 is 0 Å². The highest BCUT2D eigenvalue weighted by Crippen LogP contribution is 2.26. The smallest absolute Gasteiger partial charge is 0.458 e. The third-order valence-electron chi connectivity index (χ3n) is 4.64. The van der Waals surface area contributed by atoms with E-state index in [9.17, 15) is 4.79 Å². The van der Waals surface area contributed by atoms with Crippen LogP contribution in [-0.4, -0.2) is 41.9 Å². The summed E-state index contributed by atoms with van der Waals surface area (Å²) in [6.07, 6.45) is 1.62. The maximum absolute atomic E-state index is 13.5. The van der Waals surface area contributed by atoms with Crippen LogP contribution in [0.15, 0.2) is 41.3 Å². The lowest BCUT2D eigenvalue weighted by Crippen LogP contribution is -2.31. The van der Waals surface area contributed by atoms with E-state index >= 15 is 0 Å². The van der Waals surface area contributed by atoms with E-state index in [1.807, 2.05) is 31.2 Å². The molecule has 2 N–H and O–H groups in total. The molecule has 10 nitrogen and oxygen atoms in total. The summed E-state index contributed by atoms with van der Waals surface area (Å²) >= 11 is 0. The number of aryl methyl sites for hydroxylation is 2. The van der Waals surface area contributed by atoms with Crippen LogP contribution in [0, 0.1) is 13.8 Å². The van der Waals surface area contributed by atoms with E-state index in [0.717, 1.165) is 5.56 Å². The standard InChI is InChI=1S/C19H16N8O2/c1-10-20-19(24-23-10)26-8-7-14-15(17(26)28)16(12-5-4-6-13(9-12)29-3)27-18(22-14)21-11(2)25-27/h4-9H,1-3H3,(H,20,23,24)/p+1. The highest BCUT2D eigenvalue weighted by molar-refractivity contribution is 5.91. The van der Waals surface area contributed by atoms with Crippen LogP contribution in [0.5, 0.6) is 5.75 Å². The Kier molecular flexibility index (Phi) is 3.66. The van der Waals surface area contributed by atoms with E-state index in [-0.39, 0.29) is 11.5 Å². The van der Waals surface area contributed by atoms with Crippen LogP contribution in [0.25, 0.3) is 33.9 Å². The Morgan fingerprint density at radius 2 is 1.97 bits per heavy atom. The molecular weight excluding hydrogens is 372 g/mol. The Bertz CT molecular complexity index is 1450. The van der Waals surface area contributed by atoms with Gasteiger partial charge in [0.2, 0.25) is 5.82 Å². The SMILES string of the molecule is COc1cccc(-c2c3c(=O)n(-c4n[nH]c(C)n4)ccc3nc3nc(C)[nH][n+]23)c1. The minimum atomic E-state index is -0.284. The number of hydrogen-bond donors (Lipinski definition) is 2. The Labute approximate surface area is 163 Å². The van der Waals surface area contributed by atoms with E-state index in [4.69, 9.17) is 4.74 Å². The van der Waals surface area contributed by atoms with Gasteiger partial charge in [-0.25, -0.2) is 9.67 Å². The second-order valence-electron chi connectivity index (χ2n) is 6.61. The molecule has 0 unspecified atom stereocenters. The molecule has 5 aromatic rings. The molecule has 144 valence electrons. The van der Waals surface area contributed by atoms with E-state index in [2.05, 4.69) is 30.2 Å². The Morgan fingerprint density at radius 1 is 1.10 bits per heavy atom. The number of fused-ring (bicyclic) bond motifs is 2. The second kappa shape index (κ2) is 6.23. The van der Waals surface area contributed by atoms with Gasteiger partial charge in [-0.1, -0.05) is 22.1 Å². The van der Waals surface area contributed by atoms with Crippen molar-refractivity contribution in [3.63, 3.8) is 0 Å². The summed E-state index contributed by atoms with van der Waals surface area (Å²) in [6.45, 7) is 3.61. The first-order valence-electron chi connectivity index (χ1n) is 8.92. The number of nitrogens with zero attached hydrogens (tertiary/aromatic N) is 6. The molecule has 4 heterocycles. The van der Waals surface area contributed by atoms with Crippen molar-refractivity contribution in [2.24, 2.45) is 0 Å². The van der Waals surface area contributed by atoms with Gasteiger partial charge in [-0.05, 0) is 25.1 Å². The monoisotopic (exact) mass is 389 g/mol. The first kappa shape index (κ1) is 17.0. The molecular formula is C19H17N8O2+. The largest absolute Gasteiger partial charge is 0.497 e. The lowest BCUT2D eigenvalue weighted by molar-refractivity contribution is -0.567. The fourth-order valence-electron chi connectivity index (χ4n) is 3.37. The van der Waals surface area contributed by atoms with Crippen molar-refractivity contribution >= 4 is 16.7 Å². The van der Waals surface area contributed by atoms with Crippen molar-refractivity contribution in [3.05, 3.63) is 58.5 Å². The molecule has 0 aliphatic carbocycles.